The first kappa shape index (κ1) is 34.2. The molecule has 0 aliphatic heterocycles. The fourth-order valence-electron chi connectivity index (χ4n) is 4.57. The minimum absolute atomic E-state index is 0. The molecule has 218 valence electrons. The third kappa shape index (κ3) is 8.85. The van der Waals surface area contributed by atoms with Gasteiger partial charge in [0.05, 0.1) is 11.4 Å². The van der Waals surface area contributed by atoms with Crippen LogP contribution in [0.5, 0.6) is 0 Å². The van der Waals surface area contributed by atoms with Gasteiger partial charge in [0.1, 0.15) is 0 Å². The summed E-state index contributed by atoms with van der Waals surface area (Å²) in [4.78, 5) is 4.13. The molecule has 5 rings (SSSR count). The van der Waals surface area contributed by atoms with Gasteiger partial charge in [-0.3, -0.25) is 0 Å². The van der Waals surface area contributed by atoms with Crippen LogP contribution in [0.2, 0.25) is 20.1 Å². The molecule has 0 spiro atoms. The van der Waals surface area contributed by atoms with E-state index in [1.165, 1.54) is 11.1 Å². The summed E-state index contributed by atoms with van der Waals surface area (Å²) in [6.07, 6.45) is 8.34. The van der Waals surface area contributed by atoms with Gasteiger partial charge in [0.15, 0.2) is 37.9 Å². The molecule has 10 heteroatoms. The number of aromatic nitrogens is 2. The second kappa shape index (κ2) is 15.4. The largest absolute Gasteiger partial charge is 1.00 e. The number of anilines is 4. The number of pyridine rings is 2. The zero-order valence-electron chi connectivity index (χ0n) is 22.9. The molecule has 0 saturated carbocycles. The van der Waals surface area contributed by atoms with Gasteiger partial charge in [-0.2, -0.15) is 0 Å². The van der Waals surface area contributed by atoms with Crippen LogP contribution in [0.1, 0.15) is 11.1 Å². The summed E-state index contributed by atoms with van der Waals surface area (Å²) in [6, 6.07) is 28.1. The molecule has 0 bridgehead atoms. The van der Waals surface area contributed by atoms with Crippen molar-refractivity contribution in [3.05, 3.63) is 141 Å². The summed E-state index contributed by atoms with van der Waals surface area (Å²) in [6.45, 7) is 1.55. The van der Waals surface area contributed by atoms with Gasteiger partial charge in [-0.1, -0.05) is 64.6 Å². The highest BCUT2D eigenvalue weighted by atomic mass is 79.9. The average Bonchev–Trinajstić information content (AvgIpc) is 2.92. The third-order valence-electron chi connectivity index (χ3n) is 6.71. The number of halogens is 6. The van der Waals surface area contributed by atoms with Crippen molar-refractivity contribution in [2.75, 3.05) is 23.9 Å². The molecular formula is C32H28Br2Cl4N4. The summed E-state index contributed by atoms with van der Waals surface area (Å²) in [5, 5.41) is 2.46. The molecule has 0 fully saturated rings. The Morgan fingerprint density at radius 2 is 0.810 bits per heavy atom. The van der Waals surface area contributed by atoms with Crippen LogP contribution >= 0.6 is 46.4 Å². The quantitative estimate of drug-likeness (QED) is 0.226. The molecule has 2 aromatic heterocycles. The van der Waals surface area contributed by atoms with Crippen molar-refractivity contribution in [1.29, 1.82) is 0 Å². The normalized spacial score (nSPS) is 10.4. The number of nitrogens with zero attached hydrogens (tertiary/aromatic N) is 4. The smallest absolute Gasteiger partial charge is 0.173 e. The molecule has 3 aromatic carbocycles. The lowest BCUT2D eigenvalue weighted by molar-refractivity contribution is -0.689. The second-order valence-electron chi connectivity index (χ2n) is 9.65. The fourth-order valence-corrected chi connectivity index (χ4v) is 5.60. The number of hydrogen-bond acceptors (Lipinski definition) is 2. The zero-order valence-corrected chi connectivity index (χ0v) is 29.1. The Bertz CT molecular complexity index is 1470. The van der Waals surface area contributed by atoms with Crippen LogP contribution in [0.3, 0.4) is 0 Å². The van der Waals surface area contributed by atoms with Crippen molar-refractivity contribution in [1.82, 2.24) is 0 Å². The number of rotatable bonds is 8. The minimum Gasteiger partial charge on any atom is -1.00 e. The zero-order chi connectivity index (χ0) is 28.2. The van der Waals surface area contributed by atoms with E-state index in [2.05, 4.69) is 92.3 Å². The molecule has 0 amide bonds. The molecule has 0 atom stereocenters. The molecule has 42 heavy (non-hydrogen) atoms. The SMILES string of the molecule is CN(c1cc[n+](Cc2cccc(C[n+]3ccc(N(C)c4cc(Cl)cc(Cl)c4)cc3)c2)cc1)c1cc(Cl)cc(Cl)c1.[Br-].[Br-]. The van der Waals surface area contributed by atoms with Crippen LogP contribution in [0.15, 0.2) is 110 Å². The topological polar surface area (TPSA) is 14.2 Å². The van der Waals surface area contributed by atoms with E-state index in [0.717, 1.165) is 35.8 Å². The van der Waals surface area contributed by atoms with Gasteiger partial charge >= 0.3 is 0 Å². The van der Waals surface area contributed by atoms with Gasteiger partial charge in [-0.15, -0.1) is 0 Å². The van der Waals surface area contributed by atoms with E-state index in [1.807, 2.05) is 38.4 Å². The van der Waals surface area contributed by atoms with Gasteiger partial charge in [-0.05, 0) is 42.5 Å². The van der Waals surface area contributed by atoms with Crippen LogP contribution in [0, 0.1) is 0 Å². The lowest BCUT2D eigenvalue weighted by Gasteiger charge is -2.19. The summed E-state index contributed by atoms with van der Waals surface area (Å²) in [5.41, 5.74) is 6.45. The molecule has 0 aliphatic rings. The molecular weight excluding hydrogens is 742 g/mol. The first-order valence-corrected chi connectivity index (χ1v) is 14.2. The molecule has 2 heterocycles. The predicted octanol–water partition coefficient (Wildman–Crippen LogP) is 2.52. The fraction of sp³-hybridized carbons (Fsp3) is 0.125. The van der Waals surface area contributed by atoms with Gasteiger partial charge in [0, 0.05) is 81.0 Å². The second-order valence-corrected chi connectivity index (χ2v) is 11.4. The minimum atomic E-state index is 0. The first-order chi connectivity index (χ1) is 19.2. The summed E-state index contributed by atoms with van der Waals surface area (Å²) < 4.78 is 4.34. The Morgan fingerprint density at radius 1 is 0.476 bits per heavy atom. The highest BCUT2D eigenvalue weighted by Crippen LogP contribution is 2.30. The van der Waals surface area contributed by atoms with Gasteiger partial charge in [0.2, 0.25) is 0 Å². The van der Waals surface area contributed by atoms with E-state index >= 15 is 0 Å². The Labute approximate surface area is 288 Å². The maximum Gasteiger partial charge on any atom is 0.173 e. The lowest BCUT2D eigenvalue weighted by atomic mass is 10.1. The maximum atomic E-state index is 6.19. The van der Waals surface area contributed by atoms with Crippen LogP contribution in [-0.4, -0.2) is 14.1 Å². The van der Waals surface area contributed by atoms with Crippen LogP contribution < -0.4 is 52.9 Å². The number of hydrogen-bond donors (Lipinski definition) is 0. The van der Waals surface area contributed by atoms with E-state index in [9.17, 15) is 0 Å². The predicted molar refractivity (Wildman–Crippen MR) is 167 cm³/mol. The van der Waals surface area contributed by atoms with E-state index in [0.29, 0.717) is 20.1 Å². The standard InChI is InChI=1S/C32H28Cl4N4.2BrH/c1-37(31-17-25(33)15-26(34)18-31)29-6-10-39(11-7-29)21-23-4-3-5-24(14-23)22-40-12-8-30(9-13-40)38(2)32-19-27(35)16-28(36)20-32;;/h3-20H,21-22H2,1-2H3;2*1H/q+2;;/p-2. The van der Waals surface area contributed by atoms with Crippen LogP contribution in [-0.2, 0) is 13.1 Å². The van der Waals surface area contributed by atoms with Gasteiger partial charge in [0.25, 0.3) is 0 Å². The molecule has 0 radical (unpaired) electrons. The van der Waals surface area contributed by atoms with Crippen LogP contribution in [0.4, 0.5) is 22.7 Å². The molecule has 5 aromatic rings. The highest BCUT2D eigenvalue weighted by Gasteiger charge is 2.12. The van der Waals surface area contributed by atoms with Crippen molar-refractivity contribution in [2.24, 2.45) is 0 Å². The third-order valence-corrected chi connectivity index (χ3v) is 7.59. The van der Waals surface area contributed by atoms with Crippen molar-refractivity contribution < 1.29 is 43.1 Å². The highest BCUT2D eigenvalue weighted by molar-refractivity contribution is 6.35. The maximum absolute atomic E-state index is 6.19. The molecule has 4 nitrogen and oxygen atoms in total. The van der Waals surface area contributed by atoms with Crippen molar-refractivity contribution in [2.45, 2.75) is 13.1 Å². The van der Waals surface area contributed by atoms with Crippen molar-refractivity contribution >= 4 is 69.2 Å². The van der Waals surface area contributed by atoms with Crippen molar-refractivity contribution in [3.8, 4) is 0 Å². The number of benzene rings is 3. The first-order valence-electron chi connectivity index (χ1n) is 12.7. The molecule has 0 aliphatic carbocycles. The van der Waals surface area contributed by atoms with Gasteiger partial charge in [-0.25, -0.2) is 9.13 Å². The Hall–Kier alpha value is -2.32. The summed E-state index contributed by atoms with van der Waals surface area (Å²) in [7, 11) is 4.00. The average molecular weight is 770 g/mol. The van der Waals surface area contributed by atoms with E-state index in [1.54, 1.807) is 12.1 Å². The summed E-state index contributed by atoms with van der Waals surface area (Å²) >= 11 is 24.7. The monoisotopic (exact) mass is 766 g/mol. The van der Waals surface area contributed by atoms with Crippen molar-refractivity contribution in [3.63, 3.8) is 0 Å². The summed E-state index contributed by atoms with van der Waals surface area (Å²) in [5.74, 6) is 0. The Kier molecular flexibility index (Phi) is 12.5. The van der Waals surface area contributed by atoms with E-state index in [4.69, 9.17) is 46.4 Å². The van der Waals surface area contributed by atoms with E-state index < -0.39 is 0 Å². The van der Waals surface area contributed by atoms with E-state index in [-0.39, 0.29) is 34.0 Å². The molecule has 0 N–H and O–H groups in total. The molecule has 0 unspecified atom stereocenters. The Morgan fingerprint density at radius 3 is 1.14 bits per heavy atom. The van der Waals surface area contributed by atoms with Crippen LogP contribution in [0.25, 0.3) is 0 Å². The lowest BCUT2D eigenvalue weighted by Crippen LogP contribution is -3.00. The van der Waals surface area contributed by atoms with Gasteiger partial charge < -0.3 is 43.8 Å². The molecule has 0 saturated heterocycles. The Balaban J connectivity index is 0.00000242.